The van der Waals surface area contributed by atoms with E-state index in [1.807, 2.05) is 44.2 Å². The minimum absolute atomic E-state index is 0.114. The Morgan fingerprint density at radius 3 is 2.35 bits per heavy atom. The predicted octanol–water partition coefficient (Wildman–Crippen LogP) is 4.71. The van der Waals surface area contributed by atoms with Crippen LogP contribution in [-0.2, 0) is 26.0 Å². The van der Waals surface area contributed by atoms with Crippen molar-refractivity contribution >= 4 is 39.1 Å². The molecule has 0 heterocycles. The summed E-state index contributed by atoms with van der Waals surface area (Å²) in [6.07, 6.45) is 7.27. The van der Waals surface area contributed by atoms with Crippen LogP contribution in [0.3, 0.4) is 0 Å². The van der Waals surface area contributed by atoms with Crippen molar-refractivity contribution in [3.8, 4) is 0 Å². The molecule has 1 aliphatic carbocycles. The van der Waals surface area contributed by atoms with Crippen LogP contribution in [0.4, 0.5) is 5.69 Å². The Bertz CT molecular complexity index is 1170. The van der Waals surface area contributed by atoms with E-state index in [0.717, 1.165) is 47.4 Å². The highest BCUT2D eigenvalue weighted by Gasteiger charge is 2.32. The lowest BCUT2D eigenvalue weighted by atomic mass is 9.95. The molecule has 0 aliphatic heterocycles. The molecule has 1 fully saturated rings. The van der Waals surface area contributed by atoms with E-state index in [4.69, 9.17) is 11.6 Å². The van der Waals surface area contributed by atoms with Crippen molar-refractivity contribution in [1.29, 1.82) is 0 Å². The minimum atomic E-state index is -3.79. The first-order chi connectivity index (χ1) is 17.6. The summed E-state index contributed by atoms with van der Waals surface area (Å²) in [7, 11) is -3.79. The number of rotatable bonds is 11. The third-order valence-electron chi connectivity index (χ3n) is 6.94. The second-order valence-electron chi connectivity index (χ2n) is 9.79. The first-order valence-corrected chi connectivity index (χ1v) is 15.2. The van der Waals surface area contributed by atoms with Gasteiger partial charge in [-0.15, -0.1) is 0 Å². The van der Waals surface area contributed by atoms with E-state index in [1.54, 1.807) is 23.1 Å². The van der Waals surface area contributed by atoms with Gasteiger partial charge in [0.1, 0.15) is 12.6 Å². The molecule has 1 atom stereocenters. The molecule has 2 aromatic rings. The number of benzene rings is 2. The molecular weight excluding hydrogens is 510 g/mol. The number of nitrogens with one attached hydrogen (secondary N) is 1. The number of hydrogen-bond donors (Lipinski definition) is 1. The van der Waals surface area contributed by atoms with Gasteiger partial charge in [-0.1, -0.05) is 74.2 Å². The molecule has 7 nitrogen and oxygen atoms in total. The summed E-state index contributed by atoms with van der Waals surface area (Å²) in [6.45, 7) is 3.58. The first kappa shape index (κ1) is 29.0. The quantitative estimate of drug-likeness (QED) is 0.441. The molecule has 1 N–H and O–H groups in total. The SMILES string of the molecule is CC[C@H](C(=O)NC1CCCCC1)N(CCc1ccccc1)C(=O)CN(c1ccc(C)c(Cl)c1)S(C)(=O)=O. The third kappa shape index (κ3) is 8.20. The van der Waals surface area contributed by atoms with Crippen LogP contribution in [0.1, 0.15) is 56.6 Å². The van der Waals surface area contributed by atoms with Gasteiger partial charge in [0.05, 0.1) is 11.9 Å². The predicted molar refractivity (Wildman–Crippen MR) is 149 cm³/mol. The Kier molecular flexibility index (Phi) is 10.4. The summed E-state index contributed by atoms with van der Waals surface area (Å²) >= 11 is 6.26. The molecule has 0 radical (unpaired) electrons. The minimum Gasteiger partial charge on any atom is -0.352 e. The fourth-order valence-corrected chi connectivity index (χ4v) is 5.81. The zero-order valence-electron chi connectivity index (χ0n) is 22.0. The molecule has 2 amide bonds. The topological polar surface area (TPSA) is 86.8 Å². The summed E-state index contributed by atoms with van der Waals surface area (Å²) < 4.78 is 26.5. The van der Waals surface area contributed by atoms with Gasteiger partial charge in [-0.05, 0) is 55.9 Å². The Morgan fingerprint density at radius 2 is 1.76 bits per heavy atom. The molecule has 1 saturated carbocycles. The molecule has 37 heavy (non-hydrogen) atoms. The summed E-state index contributed by atoms with van der Waals surface area (Å²) in [4.78, 5) is 28.7. The zero-order chi connectivity index (χ0) is 27.0. The molecule has 3 rings (SSSR count). The van der Waals surface area contributed by atoms with Gasteiger partial charge in [-0.3, -0.25) is 13.9 Å². The van der Waals surface area contributed by atoms with E-state index >= 15 is 0 Å². The molecule has 0 saturated heterocycles. The molecule has 0 unspecified atom stereocenters. The monoisotopic (exact) mass is 547 g/mol. The molecule has 1 aliphatic rings. The van der Waals surface area contributed by atoms with Crippen LogP contribution in [0.2, 0.25) is 5.02 Å². The number of aryl methyl sites for hydroxylation is 1. The lowest BCUT2D eigenvalue weighted by Crippen LogP contribution is -2.54. The van der Waals surface area contributed by atoms with E-state index in [2.05, 4.69) is 5.32 Å². The van der Waals surface area contributed by atoms with Crippen LogP contribution in [0, 0.1) is 6.92 Å². The highest BCUT2D eigenvalue weighted by Crippen LogP contribution is 2.25. The van der Waals surface area contributed by atoms with Gasteiger partial charge in [0.15, 0.2) is 0 Å². The van der Waals surface area contributed by atoms with E-state index < -0.39 is 28.5 Å². The summed E-state index contributed by atoms with van der Waals surface area (Å²) in [5, 5.41) is 3.56. The fraction of sp³-hybridized carbons (Fsp3) is 0.500. The Hall–Kier alpha value is -2.58. The van der Waals surface area contributed by atoms with Crippen molar-refractivity contribution in [2.24, 2.45) is 0 Å². The fourth-order valence-electron chi connectivity index (χ4n) is 4.79. The largest absolute Gasteiger partial charge is 0.352 e. The number of carbonyl (C=O) groups is 2. The molecular formula is C28H38ClN3O4S. The van der Waals surface area contributed by atoms with Gasteiger partial charge in [0.25, 0.3) is 0 Å². The summed E-state index contributed by atoms with van der Waals surface area (Å²) in [6, 6.07) is 14.1. The maximum absolute atomic E-state index is 13.8. The van der Waals surface area contributed by atoms with Crippen molar-refractivity contribution in [1.82, 2.24) is 10.2 Å². The van der Waals surface area contributed by atoms with Crippen molar-refractivity contribution < 1.29 is 18.0 Å². The van der Waals surface area contributed by atoms with E-state index in [-0.39, 0.29) is 11.9 Å². The highest BCUT2D eigenvalue weighted by atomic mass is 35.5. The molecule has 202 valence electrons. The van der Waals surface area contributed by atoms with Crippen molar-refractivity contribution in [3.63, 3.8) is 0 Å². The van der Waals surface area contributed by atoms with Crippen LogP contribution < -0.4 is 9.62 Å². The number of sulfonamides is 1. The smallest absolute Gasteiger partial charge is 0.244 e. The first-order valence-electron chi connectivity index (χ1n) is 13.0. The zero-order valence-corrected chi connectivity index (χ0v) is 23.5. The summed E-state index contributed by atoms with van der Waals surface area (Å²) in [5.41, 5.74) is 2.16. The maximum atomic E-state index is 13.8. The van der Waals surface area contributed by atoms with Gasteiger partial charge in [0, 0.05) is 17.6 Å². The number of carbonyl (C=O) groups excluding carboxylic acids is 2. The van der Waals surface area contributed by atoms with E-state index in [1.165, 1.54) is 6.42 Å². The number of nitrogens with zero attached hydrogens (tertiary/aromatic N) is 2. The number of amides is 2. The molecule has 9 heteroatoms. The Morgan fingerprint density at radius 1 is 1.08 bits per heavy atom. The van der Waals surface area contributed by atoms with Crippen LogP contribution in [0.15, 0.2) is 48.5 Å². The average Bonchev–Trinajstić information content (AvgIpc) is 2.87. The lowest BCUT2D eigenvalue weighted by molar-refractivity contribution is -0.140. The maximum Gasteiger partial charge on any atom is 0.244 e. The van der Waals surface area contributed by atoms with E-state index in [9.17, 15) is 18.0 Å². The van der Waals surface area contributed by atoms with Gasteiger partial charge in [0.2, 0.25) is 21.8 Å². The van der Waals surface area contributed by atoms with Gasteiger partial charge < -0.3 is 10.2 Å². The van der Waals surface area contributed by atoms with E-state index in [0.29, 0.717) is 30.1 Å². The second-order valence-corrected chi connectivity index (χ2v) is 12.1. The van der Waals surface area contributed by atoms with Gasteiger partial charge in [-0.25, -0.2) is 8.42 Å². The van der Waals surface area contributed by atoms with Crippen molar-refractivity contribution in [3.05, 3.63) is 64.7 Å². The van der Waals surface area contributed by atoms with Crippen LogP contribution in [-0.4, -0.2) is 56.6 Å². The summed E-state index contributed by atoms with van der Waals surface area (Å²) in [5.74, 6) is -0.608. The average molecular weight is 548 g/mol. The molecule has 0 spiro atoms. The van der Waals surface area contributed by atoms with Crippen LogP contribution >= 0.6 is 11.6 Å². The Balaban J connectivity index is 1.87. The van der Waals surface area contributed by atoms with Crippen LogP contribution in [0.5, 0.6) is 0 Å². The standard InChI is InChI=1S/C28H38ClN3O4S/c1-4-26(28(34)30-23-13-9-6-10-14-23)31(18-17-22-11-7-5-8-12-22)27(33)20-32(37(3,35)36)24-16-15-21(2)25(29)19-24/h5,7-8,11-12,15-16,19,23,26H,4,6,9-10,13-14,17-18,20H2,1-3H3,(H,30,34)/t26-/m1/s1. The highest BCUT2D eigenvalue weighted by molar-refractivity contribution is 7.92. The van der Waals surface area contributed by atoms with Crippen molar-refractivity contribution in [2.45, 2.75) is 70.9 Å². The van der Waals surface area contributed by atoms with Crippen molar-refractivity contribution in [2.75, 3.05) is 23.7 Å². The molecule has 0 aromatic heterocycles. The van der Waals surface area contributed by atoms with Gasteiger partial charge >= 0.3 is 0 Å². The second kappa shape index (κ2) is 13.3. The lowest BCUT2D eigenvalue weighted by Gasteiger charge is -2.34. The number of halogens is 1. The number of anilines is 1. The molecule has 0 bridgehead atoms. The van der Waals surface area contributed by atoms with Gasteiger partial charge in [-0.2, -0.15) is 0 Å². The normalized spacial score (nSPS) is 15.1. The number of hydrogen-bond acceptors (Lipinski definition) is 4. The third-order valence-corrected chi connectivity index (χ3v) is 8.49. The molecule has 2 aromatic carbocycles. The van der Waals surface area contributed by atoms with Crippen LogP contribution in [0.25, 0.3) is 0 Å². The Labute approximate surface area is 226 Å².